The largest absolute Gasteiger partial charge is 0.341 e. The van der Waals surface area contributed by atoms with Crippen LogP contribution < -0.4 is 0 Å². The van der Waals surface area contributed by atoms with Gasteiger partial charge in [0.05, 0.1) is 23.8 Å². The van der Waals surface area contributed by atoms with Crippen LogP contribution in [0.25, 0.3) is 11.0 Å². The van der Waals surface area contributed by atoms with Gasteiger partial charge in [-0.05, 0) is 44.0 Å². The summed E-state index contributed by atoms with van der Waals surface area (Å²) in [5, 5.41) is 0. The number of hydrogen-bond acceptors (Lipinski definition) is 4. The molecule has 0 atom stereocenters. The molecule has 2 heterocycles. The first-order chi connectivity index (χ1) is 10.8. The van der Waals surface area contributed by atoms with E-state index in [1.54, 1.807) is 4.31 Å². The van der Waals surface area contributed by atoms with Crippen LogP contribution in [0.4, 0.5) is 0 Å². The predicted octanol–water partition coefficient (Wildman–Crippen LogP) is 1.65. The molecule has 0 unspecified atom stereocenters. The number of benzene rings is 1. The van der Waals surface area contributed by atoms with Crippen LogP contribution in [0, 0.1) is 13.8 Å². The lowest BCUT2D eigenvalue weighted by Crippen LogP contribution is -2.34. The summed E-state index contributed by atoms with van der Waals surface area (Å²) in [6.07, 6.45) is 2.14. The monoisotopic (exact) mass is 336 g/mol. The quantitative estimate of drug-likeness (QED) is 0.925. The van der Waals surface area contributed by atoms with Crippen LogP contribution in [0.2, 0.25) is 0 Å². The van der Waals surface area contributed by atoms with Crippen molar-refractivity contribution in [3.8, 4) is 0 Å². The third-order valence-corrected chi connectivity index (χ3v) is 5.92. The Morgan fingerprint density at radius 1 is 1.17 bits per heavy atom. The molecule has 1 fully saturated rings. The Bertz CT molecular complexity index is 813. The third kappa shape index (κ3) is 3.57. The second-order valence-electron chi connectivity index (χ2n) is 6.38. The van der Waals surface area contributed by atoms with Gasteiger partial charge in [0.25, 0.3) is 0 Å². The Hall–Kier alpha value is -1.44. The van der Waals surface area contributed by atoms with Gasteiger partial charge < -0.3 is 4.98 Å². The molecule has 0 saturated carbocycles. The topological polar surface area (TPSA) is 69.3 Å². The maximum Gasteiger partial charge on any atom is 0.211 e. The number of rotatable bonds is 3. The Labute approximate surface area is 137 Å². The molecular weight excluding hydrogens is 312 g/mol. The highest BCUT2D eigenvalue weighted by molar-refractivity contribution is 7.88. The molecular formula is C16H24N4O2S. The molecule has 3 rings (SSSR count). The van der Waals surface area contributed by atoms with Crippen molar-refractivity contribution in [2.45, 2.75) is 26.8 Å². The average Bonchev–Trinajstić information content (AvgIpc) is 2.72. The molecule has 1 N–H and O–H groups in total. The standard InChI is InChI=1S/C16H24N4O2S/c1-12-5-6-14-16(13(12)2)18-15(17-14)11-19-7-4-8-20(10-9-19)23(3,21)22/h5-6H,4,7-11H2,1-3H3,(H,17,18). The fraction of sp³-hybridized carbons (Fsp3) is 0.562. The summed E-state index contributed by atoms with van der Waals surface area (Å²) >= 11 is 0. The second-order valence-corrected chi connectivity index (χ2v) is 8.36. The minimum Gasteiger partial charge on any atom is -0.341 e. The summed E-state index contributed by atoms with van der Waals surface area (Å²) in [5.41, 5.74) is 4.56. The SMILES string of the molecule is Cc1ccc2[nH]c(CN3CCCN(S(C)(=O)=O)CC3)nc2c1C. The van der Waals surface area contributed by atoms with Crippen molar-refractivity contribution in [1.29, 1.82) is 0 Å². The fourth-order valence-corrected chi connectivity index (χ4v) is 3.96. The molecule has 1 aliphatic rings. The lowest BCUT2D eigenvalue weighted by molar-refractivity contribution is 0.273. The first-order valence-corrected chi connectivity index (χ1v) is 9.82. The summed E-state index contributed by atoms with van der Waals surface area (Å²) in [6.45, 7) is 7.70. The molecule has 1 saturated heterocycles. The number of aryl methyl sites for hydroxylation is 2. The van der Waals surface area contributed by atoms with E-state index in [4.69, 9.17) is 4.98 Å². The van der Waals surface area contributed by atoms with Crippen LogP contribution >= 0.6 is 0 Å². The van der Waals surface area contributed by atoms with E-state index in [1.807, 2.05) is 0 Å². The zero-order chi connectivity index (χ0) is 16.6. The van der Waals surface area contributed by atoms with Crippen molar-refractivity contribution in [3.05, 3.63) is 29.1 Å². The van der Waals surface area contributed by atoms with Crippen LogP contribution in [0.1, 0.15) is 23.4 Å². The Kier molecular flexibility index (Phi) is 4.44. The van der Waals surface area contributed by atoms with Crippen LogP contribution in [-0.2, 0) is 16.6 Å². The van der Waals surface area contributed by atoms with Gasteiger partial charge in [-0.15, -0.1) is 0 Å². The van der Waals surface area contributed by atoms with E-state index < -0.39 is 10.0 Å². The highest BCUT2D eigenvalue weighted by Gasteiger charge is 2.21. The minimum atomic E-state index is -3.09. The summed E-state index contributed by atoms with van der Waals surface area (Å²) in [6, 6.07) is 4.18. The van der Waals surface area contributed by atoms with Crippen molar-refractivity contribution >= 4 is 21.1 Å². The van der Waals surface area contributed by atoms with Crippen molar-refractivity contribution in [3.63, 3.8) is 0 Å². The summed E-state index contributed by atoms with van der Waals surface area (Å²) < 4.78 is 24.9. The lowest BCUT2D eigenvalue weighted by atomic mass is 10.1. The van der Waals surface area contributed by atoms with Crippen molar-refractivity contribution < 1.29 is 8.42 Å². The normalized spacial score (nSPS) is 18.4. The summed E-state index contributed by atoms with van der Waals surface area (Å²) in [7, 11) is -3.09. The highest BCUT2D eigenvalue weighted by Crippen LogP contribution is 2.20. The number of hydrogen-bond donors (Lipinski definition) is 1. The summed E-state index contributed by atoms with van der Waals surface area (Å²) in [4.78, 5) is 10.4. The summed E-state index contributed by atoms with van der Waals surface area (Å²) in [5.74, 6) is 0.946. The zero-order valence-corrected chi connectivity index (χ0v) is 14.8. The second kappa shape index (κ2) is 6.22. The molecule has 0 aliphatic carbocycles. The molecule has 126 valence electrons. The molecule has 0 bridgehead atoms. The van der Waals surface area contributed by atoms with E-state index in [0.717, 1.165) is 42.9 Å². The maximum atomic E-state index is 11.7. The first-order valence-electron chi connectivity index (χ1n) is 7.97. The molecule has 0 radical (unpaired) electrons. The van der Waals surface area contributed by atoms with E-state index in [9.17, 15) is 8.42 Å². The molecule has 1 aromatic carbocycles. The molecule has 2 aromatic rings. The zero-order valence-electron chi connectivity index (χ0n) is 14.0. The number of fused-ring (bicyclic) bond motifs is 1. The first kappa shape index (κ1) is 16.4. The van der Waals surface area contributed by atoms with Crippen LogP contribution in [0.5, 0.6) is 0 Å². The molecule has 0 amide bonds. The van der Waals surface area contributed by atoms with E-state index in [0.29, 0.717) is 13.1 Å². The molecule has 6 nitrogen and oxygen atoms in total. The molecule has 7 heteroatoms. The predicted molar refractivity (Wildman–Crippen MR) is 91.9 cm³/mol. The van der Waals surface area contributed by atoms with Gasteiger partial charge in [0.2, 0.25) is 10.0 Å². The highest BCUT2D eigenvalue weighted by atomic mass is 32.2. The van der Waals surface area contributed by atoms with E-state index in [2.05, 4.69) is 35.9 Å². The van der Waals surface area contributed by atoms with Gasteiger partial charge in [-0.3, -0.25) is 4.90 Å². The minimum absolute atomic E-state index is 0.553. The fourth-order valence-electron chi connectivity index (χ4n) is 3.09. The Morgan fingerprint density at radius 2 is 1.96 bits per heavy atom. The molecule has 23 heavy (non-hydrogen) atoms. The Morgan fingerprint density at radius 3 is 2.70 bits per heavy atom. The van der Waals surface area contributed by atoms with Gasteiger partial charge in [-0.25, -0.2) is 17.7 Å². The Balaban J connectivity index is 1.74. The number of nitrogens with zero attached hydrogens (tertiary/aromatic N) is 3. The van der Waals surface area contributed by atoms with Gasteiger partial charge in [-0.2, -0.15) is 0 Å². The van der Waals surface area contributed by atoms with E-state index in [-0.39, 0.29) is 0 Å². The van der Waals surface area contributed by atoms with Crippen molar-refractivity contribution in [1.82, 2.24) is 19.2 Å². The van der Waals surface area contributed by atoms with Gasteiger partial charge in [0, 0.05) is 19.6 Å². The number of sulfonamides is 1. The average molecular weight is 336 g/mol. The molecule has 1 aromatic heterocycles. The number of imidazole rings is 1. The van der Waals surface area contributed by atoms with Crippen molar-refractivity contribution in [2.24, 2.45) is 0 Å². The van der Waals surface area contributed by atoms with Crippen LogP contribution in [0.3, 0.4) is 0 Å². The number of H-pyrrole nitrogens is 1. The van der Waals surface area contributed by atoms with Crippen LogP contribution in [-0.4, -0.2) is 60.0 Å². The number of aromatic nitrogens is 2. The van der Waals surface area contributed by atoms with Crippen LogP contribution in [0.15, 0.2) is 12.1 Å². The maximum absolute atomic E-state index is 11.7. The number of nitrogens with one attached hydrogen (secondary N) is 1. The van der Waals surface area contributed by atoms with Gasteiger partial charge in [0.15, 0.2) is 0 Å². The van der Waals surface area contributed by atoms with Gasteiger partial charge in [-0.1, -0.05) is 6.07 Å². The smallest absolute Gasteiger partial charge is 0.211 e. The molecule has 0 spiro atoms. The van der Waals surface area contributed by atoms with E-state index in [1.165, 1.54) is 17.4 Å². The third-order valence-electron chi connectivity index (χ3n) is 4.62. The van der Waals surface area contributed by atoms with Crippen molar-refractivity contribution in [2.75, 3.05) is 32.4 Å². The van der Waals surface area contributed by atoms with Gasteiger partial charge >= 0.3 is 0 Å². The van der Waals surface area contributed by atoms with Gasteiger partial charge in [0.1, 0.15) is 5.82 Å². The number of aromatic amines is 1. The lowest BCUT2D eigenvalue weighted by Gasteiger charge is -2.19. The van der Waals surface area contributed by atoms with E-state index >= 15 is 0 Å². The molecule has 1 aliphatic heterocycles.